The molecule has 36 valence electrons. The molecule has 0 rings (SSSR count). The van der Waals surface area contributed by atoms with E-state index in [1.54, 1.807) is 0 Å². The third kappa shape index (κ3) is 23.4. The molecule has 6 heteroatoms. The van der Waals surface area contributed by atoms with Gasteiger partial charge >= 0.3 is 77.0 Å². The van der Waals surface area contributed by atoms with Crippen LogP contribution < -0.4 is 0 Å². The first-order valence-electron chi connectivity index (χ1n) is 0.756. The van der Waals surface area contributed by atoms with E-state index in [0.29, 0.717) is 0 Å². The standard InChI is InChI=1S/4HI.Pb.Sn/h4*1H;;/q;;;;;+4/p-4. The van der Waals surface area contributed by atoms with Gasteiger partial charge < -0.3 is 0 Å². The molecule has 0 aromatic carbocycles. The van der Waals surface area contributed by atoms with Gasteiger partial charge in [-0.15, -0.1) is 0 Å². The maximum atomic E-state index is 2.55. The van der Waals surface area contributed by atoms with Crippen molar-refractivity contribution in [2.24, 2.45) is 0 Å². The topological polar surface area (TPSA) is 0 Å². The van der Waals surface area contributed by atoms with Crippen LogP contribution in [0.5, 0.6) is 0 Å². The summed E-state index contributed by atoms with van der Waals surface area (Å²) in [5.41, 5.74) is 0. The van der Waals surface area contributed by atoms with Crippen molar-refractivity contribution in [2.75, 3.05) is 0 Å². The molecule has 0 fully saturated rings. The molecule has 6 heavy (non-hydrogen) atoms. The molecule has 0 amide bonds. The molecular formula is I4PbSn. The number of hydrogen-bond acceptors (Lipinski definition) is 0. The van der Waals surface area contributed by atoms with Crippen LogP contribution in [0.15, 0.2) is 0 Å². The summed E-state index contributed by atoms with van der Waals surface area (Å²) in [6.07, 6.45) is 0. The van der Waals surface area contributed by atoms with Crippen LogP contribution in [0.3, 0.4) is 0 Å². The Balaban J connectivity index is 0. The van der Waals surface area contributed by atoms with E-state index in [2.05, 4.69) is 74.5 Å². The smallest absolute Gasteiger partial charge is 0 e. The van der Waals surface area contributed by atoms with Crippen LogP contribution in [0.4, 0.5) is 0 Å². The average Bonchev–Trinajstić information content (AvgIpc) is 0.722. The summed E-state index contributed by atoms with van der Waals surface area (Å²) in [4.78, 5) is 0. The summed E-state index contributed by atoms with van der Waals surface area (Å²) in [5.74, 6) is 0. The second kappa shape index (κ2) is 6.36. The van der Waals surface area contributed by atoms with E-state index in [1.807, 2.05) is 0 Å². The van der Waals surface area contributed by atoms with Gasteiger partial charge in [0.05, 0.1) is 0 Å². The van der Waals surface area contributed by atoms with Gasteiger partial charge in [-0.3, -0.25) is 0 Å². The SMILES string of the molecule is [I][Sn]([I])([I])[I].[Pb]. The van der Waals surface area contributed by atoms with Gasteiger partial charge in [0, 0.05) is 27.3 Å². The predicted molar refractivity (Wildman–Crippen MR) is 67.6 cm³/mol. The maximum Gasteiger partial charge on any atom is 0 e. The van der Waals surface area contributed by atoms with Gasteiger partial charge in [0.1, 0.15) is 0 Å². The van der Waals surface area contributed by atoms with Gasteiger partial charge in [-0.2, -0.15) is 0 Å². The molecule has 0 aromatic heterocycles. The first-order valence-corrected chi connectivity index (χ1v) is 34.0. The van der Waals surface area contributed by atoms with Crippen LogP contribution in [0.2, 0.25) is 0 Å². The first kappa shape index (κ1) is 13.2. The van der Waals surface area contributed by atoms with Crippen LogP contribution >= 0.6 is 74.5 Å². The van der Waals surface area contributed by atoms with Crippen molar-refractivity contribution in [1.82, 2.24) is 0 Å². The minimum absolute atomic E-state index is 0. The van der Waals surface area contributed by atoms with Crippen LogP contribution in [-0.4, -0.2) is 29.8 Å². The molecule has 0 saturated carbocycles. The van der Waals surface area contributed by atoms with Gasteiger partial charge in [0.15, 0.2) is 0 Å². The Labute approximate surface area is 101 Å². The molecule has 0 aliphatic heterocycles. The molecule has 0 aromatic rings. The Morgan fingerprint density at radius 2 is 0.833 bits per heavy atom. The molecule has 0 atom stereocenters. The van der Waals surface area contributed by atoms with Crippen molar-refractivity contribution >= 4 is 104 Å². The third-order valence-corrected chi connectivity index (χ3v) is 0. The molecule has 0 N–H and O–H groups in total. The molecule has 0 heterocycles. The Hall–Kier alpha value is 4.64. The van der Waals surface area contributed by atoms with E-state index >= 15 is 0 Å². The average molecular weight is 834 g/mol. The van der Waals surface area contributed by atoms with Gasteiger partial charge in [-0.1, -0.05) is 0 Å². The van der Waals surface area contributed by atoms with Gasteiger partial charge in [0.2, 0.25) is 0 Å². The van der Waals surface area contributed by atoms with E-state index in [4.69, 9.17) is 0 Å². The van der Waals surface area contributed by atoms with E-state index in [-0.39, 0.29) is 27.3 Å². The zero-order valence-corrected chi connectivity index (χ0v) is 17.9. The predicted octanol–water partition coefficient (Wildman–Crippen LogP) is 2.78. The van der Waals surface area contributed by atoms with Crippen molar-refractivity contribution in [1.29, 1.82) is 0 Å². The van der Waals surface area contributed by atoms with Crippen LogP contribution in [-0.2, 0) is 0 Å². The summed E-state index contributed by atoms with van der Waals surface area (Å²) >= 11 is 10.2. The number of hydrogen-bond donors (Lipinski definition) is 0. The zero-order valence-electron chi connectivity index (χ0n) is 2.51. The fourth-order valence-electron chi connectivity index (χ4n) is 0. The van der Waals surface area contributed by atoms with E-state index in [0.717, 1.165) is 0 Å². The fraction of sp³-hybridized carbons (Fsp3) is 0. The molecule has 0 nitrogen and oxygen atoms in total. The minimum atomic E-state index is -1.30. The first-order chi connectivity index (χ1) is 2.00. The summed E-state index contributed by atoms with van der Waals surface area (Å²) in [6.45, 7) is 0. The van der Waals surface area contributed by atoms with Crippen LogP contribution in [0, 0.1) is 0 Å². The van der Waals surface area contributed by atoms with Crippen molar-refractivity contribution in [3.05, 3.63) is 0 Å². The Kier molecular flexibility index (Phi) is 14.0. The van der Waals surface area contributed by atoms with E-state index in [9.17, 15) is 0 Å². The molecule has 4 radical (unpaired) electrons. The maximum absolute atomic E-state index is 2.55. The quantitative estimate of drug-likeness (QED) is 0.261. The van der Waals surface area contributed by atoms with Crippen molar-refractivity contribution in [2.45, 2.75) is 0 Å². The van der Waals surface area contributed by atoms with Crippen molar-refractivity contribution in [3.63, 3.8) is 0 Å². The molecule has 0 aliphatic carbocycles. The van der Waals surface area contributed by atoms with E-state index in [1.165, 1.54) is 0 Å². The molecule has 0 saturated heterocycles. The Morgan fingerprint density at radius 3 is 0.833 bits per heavy atom. The summed E-state index contributed by atoms with van der Waals surface area (Å²) in [6, 6.07) is 0. The Morgan fingerprint density at radius 1 is 0.833 bits per heavy atom. The van der Waals surface area contributed by atoms with Crippen molar-refractivity contribution < 1.29 is 0 Å². The molecule has 0 unspecified atom stereocenters. The second-order valence-electron chi connectivity index (χ2n) is 0.429. The van der Waals surface area contributed by atoms with Gasteiger partial charge in [-0.05, 0) is 0 Å². The molecular weight excluding hydrogens is 834 g/mol. The van der Waals surface area contributed by atoms with Crippen LogP contribution in [0.1, 0.15) is 0 Å². The molecule has 0 spiro atoms. The number of rotatable bonds is 0. The molecule has 0 aliphatic rings. The summed E-state index contributed by atoms with van der Waals surface area (Å²) in [5, 5.41) is 0. The molecule has 0 bridgehead atoms. The zero-order chi connectivity index (χ0) is 4.50. The minimum Gasteiger partial charge on any atom is 0 e. The third-order valence-electron chi connectivity index (χ3n) is 0. The van der Waals surface area contributed by atoms with Crippen LogP contribution in [0.25, 0.3) is 0 Å². The Bertz CT molecular complexity index is 23.0. The monoisotopic (exact) mass is 835 g/mol. The van der Waals surface area contributed by atoms with Gasteiger partial charge in [-0.25, -0.2) is 0 Å². The second-order valence-corrected chi connectivity index (χ2v) is 129. The largest absolute Gasteiger partial charge is 0 e. The van der Waals surface area contributed by atoms with Crippen molar-refractivity contribution in [3.8, 4) is 0 Å². The van der Waals surface area contributed by atoms with Gasteiger partial charge in [0.25, 0.3) is 0 Å². The summed E-state index contributed by atoms with van der Waals surface area (Å²) < 4.78 is -1.30. The summed E-state index contributed by atoms with van der Waals surface area (Å²) in [7, 11) is 0. The normalized spacial score (nSPS) is 10.0. The fourth-order valence-corrected chi connectivity index (χ4v) is 0. The number of halogens is 4. The van der Waals surface area contributed by atoms with E-state index < -0.39 is 2.50 Å².